The number of hydrogen-bond acceptors (Lipinski definition) is 4. The van der Waals surface area contributed by atoms with Crippen LogP contribution < -0.4 is 16.0 Å². The van der Waals surface area contributed by atoms with E-state index in [2.05, 4.69) is 25.8 Å². The van der Waals surface area contributed by atoms with Gasteiger partial charge in [0.1, 0.15) is 5.82 Å². The summed E-state index contributed by atoms with van der Waals surface area (Å²) in [5, 5.41) is 8.24. The van der Waals surface area contributed by atoms with Crippen molar-refractivity contribution >= 4 is 23.3 Å². The highest BCUT2D eigenvalue weighted by molar-refractivity contribution is 5.99. The van der Waals surface area contributed by atoms with Gasteiger partial charge in [0, 0.05) is 31.4 Å². The van der Waals surface area contributed by atoms with Gasteiger partial charge in [-0.05, 0) is 74.7 Å². The lowest BCUT2D eigenvalue weighted by Crippen LogP contribution is -2.37. The zero-order chi connectivity index (χ0) is 21.5. The Morgan fingerprint density at radius 2 is 1.87 bits per heavy atom. The van der Waals surface area contributed by atoms with Gasteiger partial charge in [0.2, 0.25) is 5.91 Å². The SMILES string of the molecule is CC(=O)NCC1CCN(Cc2cc(F)cc(NC(=O)Nc3ccc(C)nc3)c2)CC1. The first-order chi connectivity index (χ1) is 14.4. The molecule has 1 fully saturated rings. The Morgan fingerprint density at radius 1 is 1.13 bits per heavy atom. The maximum absolute atomic E-state index is 14.1. The monoisotopic (exact) mass is 413 g/mol. The zero-order valence-corrected chi connectivity index (χ0v) is 17.4. The maximum Gasteiger partial charge on any atom is 0.323 e. The summed E-state index contributed by atoms with van der Waals surface area (Å²) in [6.07, 6.45) is 3.56. The molecule has 0 spiro atoms. The van der Waals surface area contributed by atoms with Gasteiger partial charge in [0.25, 0.3) is 0 Å². The van der Waals surface area contributed by atoms with Crippen LogP contribution in [-0.4, -0.2) is 41.5 Å². The fraction of sp³-hybridized carbons (Fsp3) is 0.409. The van der Waals surface area contributed by atoms with Crippen LogP contribution in [0, 0.1) is 18.7 Å². The first-order valence-electron chi connectivity index (χ1n) is 10.1. The third kappa shape index (κ3) is 6.81. The van der Waals surface area contributed by atoms with E-state index in [-0.39, 0.29) is 11.7 Å². The quantitative estimate of drug-likeness (QED) is 0.676. The van der Waals surface area contributed by atoms with E-state index in [1.165, 1.54) is 19.1 Å². The molecule has 8 heteroatoms. The molecule has 0 unspecified atom stereocenters. The Bertz CT molecular complexity index is 880. The summed E-state index contributed by atoms with van der Waals surface area (Å²) in [7, 11) is 0. The largest absolute Gasteiger partial charge is 0.356 e. The number of carbonyl (C=O) groups is 2. The molecule has 3 rings (SSSR count). The third-order valence-electron chi connectivity index (χ3n) is 5.14. The number of amides is 3. The standard InChI is InChI=1S/C22H28FN5O2/c1-15-3-4-20(13-24-15)26-22(30)27-21-10-18(9-19(23)11-21)14-28-7-5-17(6-8-28)12-25-16(2)29/h3-4,9-11,13,17H,5-8,12,14H2,1-2H3,(H,25,29)(H2,26,27,30). The highest BCUT2D eigenvalue weighted by Gasteiger charge is 2.19. The molecule has 0 atom stereocenters. The molecule has 1 aromatic heterocycles. The number of piperidine rings is 1. The van der Waals surface area contributed by atoms with E-state index in [1.54, 1.807) is 24.4 Å². The highest BCUT2D eigenvalue weighted by Crippen LogP contribution is 2.21. The molecular weight excluding hydrogens is 385 g/mol. The summed E-state index contributed by atoms with van der Waals surface area (Å²) in [5.41, 5.74) is 2.64. The average molecular weight is 413 g/mol. The average Bonchev–Trinajstić information content (AvgIpc) is 2.68. The van der Waals surface area contributed by atoms with Crippen molar-refractivity contribution in [2.45, 2.75) is 33.2 Å². The van der Waals surface area contributed by atoms with Crippen LogP contribution in [0.5, 0.6) is 0 Å². The second kappa shape index (κ2) is 10.2. The van der Waals surface area contributed by atoms with Crippen molar-refractivity contribution < 1.29 is 14.0 Å². The van der Waals surface area contributed by atoms with E-state index in [9.17, 15) is 14.0 Å². The molecule has 1 aliphatic rings. The molecule has 1 aliphatic heterocycles. The number of nitrogens with zero attached hydrogens (tertiary/aromatic N) is 2. The number of anilines is 2. The normalized spacial score (nSPS) is 14.9. The van der Waals surface area contributed by atoms with E-state index in [0.29, 0.717) is 30.4 Å². The Morgan fingerprint density at radius 3 is 2.53 bits per heavy atom. The lowest BCUT2D eigenvalue weighted by Gasteiger charge is -2.32. The van der Waals surface area contributed by atoms with Crippen LogP contribution in [0.3, 0.4) is 0 Å². The first-order valence-corrected chi connectivity index (χ1v) is 10.1. The Balaban J connectivity index is 1.53. The van der Waals surface area contributed by atoms with Crippen LogP contribution >= 0.6 is 0 Å². The van der Waals surface area contributed by atoms with Crippen molar-refractivity contribution in [3.63, 3.8) is 0 Å². The summed E-state index contributed by atoms with van der Waals surface area (Å²) in [6.45, 7) is 6.51. The summed E-state index contributed by atoms with van der Waals surface area (Å²) < 4.78 is 14.1. The van der Waals surface area contributed by atoms with Gasteiger partial charge >= 0.3 is 6.03 Å². The van der Waals surface area contributed by atoms with Gasteiger partial charge in [-0.15, -0.1) is 0 Å². The summed E-state index contributed by atoms with van der Waals surface area (Å²) in [4.78, 5) is 29.7. The number of rotatable bonds is 6. The topological polar surface area (TPSA) is 86.4 Å². The molecule has 0 aliphatic carbocycles. The van der Waals surface area contributed by atoms with Crippen LogP contribution in [0.1, 0.15) is 31.0 Å². The fourth-order valence-electron chi connectivity index (χ4n) is 3.54. The van der Waals surface area contributed by atoms with Gasteiger partial charge in [0.15, 0.2) is 0 Å². The van der Waals surface area contributed by atoms with Gasteiger partial charge in [0.05, 0.1) is 11.9 Å². The minimum Gasteiger partial charge on any atom is -0.356 e. The van der Waals surface area contributed by atoms with E-state index in [0.717, 1.165) is 37.2 Å². The van der Waals surface area contributed by atoms with Gasteiger partial charge < -0.3 is 16.0 Å². The molecule has 0 radical (unpaired) electrons. The predicted molar refractivity (Wildman–Crippen MR) is 115 cm³/mol. The number of aryl methyl sites for hydroxylation is 1. The predicted octanol–water partition coefficient (Wildman–Crippen LogP) is 3.52. The molecular formula is C22H28FN5O2. The third-order valence-corrected chi connectivity index (χ3v) is 5.14. The minimum absolute atomic E-state index is 0.0000946. The van der Waals surface area contributed by atoms with E-state index >= 15 is 0 Å². The second-order valence-corrected chi connectivity index (χ2v) is 7.77. The molecule has 3 amide bonds. The van der Waals surface area contributed by atoms with Crippen molar-refractivity contribution in [2.24, 2.45) is 5.92 Å². The van der Waals surface area contributed by atoms with Crippen molar-refractivity contribution in [3.05, 3.63) is 53.6 Å². The van der Waals surface area contributed by atoms with Crippen LogP contribution in [0.15, 0.2) is 36.5 Å². The Hall–Kier alpha value is -3.00. The van der Waals surface area contributed by atoms with Gasteiger partial charge in [-0.25, -0.2) is 9.18 Å². The number of pyridine rings is 1. The van der Waals surface area contributed by atoms with Crippen molar-refractivity contribution in [1.82, 2.24) is 15.2 Å². The lowest BCUT2D eigenvalue weighted by molar-refractivity contribution is -0.119. The number of benzene rings is 1. The molecule has 160 valence electrons. The summed E-state index contributed by atoms with van der Waals surface area (Å²) in [5.74, 6) is 0.0927. The minimum atomic E-state index is -0.448. The summed E-state index contributed by atoms with van der Waals surface area (Å²) in [6, 6.07) is 7.70. The fourth-order valence-corrected chi connectivity index (χ4v) is 3.54. The van der Waals surface area contributed by atoms with Crippen LogP contribution in [0.4, 0.5) is 20.6 Å². The molecule has 0 saturated carbocycles. The van der Waals surface area contributed by atoms with Gasteiger partial charge in [-0.2, -0.15) is 0 Å². The van der Waals surface area contributed by atoms with Crippen LogP contribution in [-0.2, 0) is 11.3 Å². The molecule has 7 nitrogen and oxygen atoms in total. The molecule has 2 heterocycles. The number of likely N-dealkylation sites (tertiary alicyclic amines) is 1. The van der Waals surface area contributed by atoms with Crippen molar-refractivity contribution in [3.8, 4) is 0 Å². The van der Waals surface area contributed by atoms with Crippen molar-refractivity contribution in [1.29, 1.82) is 0 Å². The van der Waals surface area contributed by atoms with Crippen LogP contribution in [0.2, 0.25) is 0 Å². The number of urea groups is 1. The number of aromatic nitrogens is 1. The molecule has 30 heavy (non-hydrogen) atoms. The first kappa shape index (κ1) is 21.7. The highest BCUT2D eigenvalue weighted by atomic mass is 19.1. The zero-order valence-electron chi connectivity index (χ0n) is 17.4. The Labute approximate surface area is 176 Å². The van der Waals surface area contributed by atoms with E-state index in [4.69, 9.17) is 0 Å². The lowest BCUT2D eigenvalue weighted by atomic mass is 9.96. The van der Waals surface area contributed by atoms with E-state index < -0.39 is 6.03 Å². The number of halogens is 1. The van der Waals surface area contributed by atoms with Gasteiger partial charge in [-0.1, -0.05) is 0 Å². The molecule has 3 N–H and O–H groups in total. The number of nitrogens with one attached hydrogen (secondary N) is 3. The van der Waals surface area contributed by atoms with Crippen LogP contribution in [0.25, 0.3) is 0 Å². The molecule has 0 bridgehead atoms. The summed E-state index contributed by atoms with van der Waals surface area (Å²) >= 11 is 0. The molecule has 1 aromatic carbocycles. The van der Waals surface area contributed by atoms with Crippen molar-refractivity contribution in [2.75, 3.05) is 30.3 Å². The molecule has 2 aromatic rings. The second-order valence-electron chi connectivity index (χ2n) is 7.77. The number of hydrogen-bond donors (Lipinski definition) is 3. The van der Waals surface area contributed by atoms with Gasteiger partial charge in [-0.3, -0.25) is 14.7 Å². The van der Waals surface area contributed by atoms with E-state index in [1.807, 2.05) is 6.92 Å². The number of carbonyl (C=O) groups excluding carboxylic acids is 2. The molecule has 1 saturated heterocycles. The maximum atomic E-state index is 14.1. The Kier molecular flexibility index (Phi) is 7.35. The smallest absolute Gasteiger partial charge is 0.323 e.